The summed E-state index contributed by atoms with van der Waals surface area (Å²) in [7, 11) is 1.39. The topological polar surface area (TPSA) is 126 Å². The van der Waals surface area contributed by atoms with Crippen LogP contribution < -0.4 is 10.1 Å². The number of hydrogen-bond donors (Lipinski definition) is 2. The van der Waals surface area contributed by atoms with Gasteiger partial charge in [0.1, 0.15) is 12.3 Å². The van der Waals surface area contributed by atoms with Crippen LogP contribution in [-0.2, 0) is 16.6 Å². The van der Waals surface area contributed by atoms with Gasteiger partial charge in [-0.2, -0.15) is 10.5 Å². The molecule has 173 valence electrons. The molecule has 1 radical (unpaired) electrons. The van der Waals surface area contributed by atoms with Crippen molar-refractivity contribution in [2.45, 2.75) is 32.1 Å². The molecule has 8 nitrogen and oxygen atoms in total. The number of aliphatic hydroxyl groups excluding tert-OH is 1. The van der Waals surface area contributed by atoms with Gasteiger partial charge in [-0.1, -0.05) is 26.3 Å². The zero-order valence-corrected chi connectivity index (χ0v) is 19.6. The number of nitrogens with one attached hydrogen (secondary N) is 1. The summed E-state index contributed by atoms with van der Waals surface area (Å²) in [6.07, 6.45) is 4.11. The minimum absolute atomic E-state index is 0.135. The van der Waals surface area contributed by atoms with Gasteiger partial charge < -0.3 is 20.0 Å². The molecule has 9 heteroatoms. The molecule has 0 unspecified atom stereocenters. The van der Waals surface area contributed by atoms with E-state index in [4.69, 9.17) is 0 Å². The van der Waals surface area contributed by atoms with E-state index in [1.165, 1.54) is 7.41 Å². The third-order valence-corrected chi connectivity index (χ3v) is 6.23. The normalized spacial score (nSPS) is 16.2. The Kier molecular flexibility index (Phi) is 6.81. The second-order valence-corrected chi connectivity index (χ2v) is 8.79. The fourth-order valence-corrected chi connectivity index (χ4v) is 4.46. The average Bonchev–Trinajstić information content (AvgIpc) is 3.17. The molecule has 0 saturated heterocycles. The molecular weight excluding hydrogens is 439 g/mol. The summed E-state index contributed by atoms with van der Waals surface area (Å²) < 4.78 is 0. The number of nitriles is 2. The smallest absolute Gasteiger partial charge is 0.329 e. The Morgan fingerprint density at radius 2 is 2.09 bits per heavy atom. The highest BCUT2D eigenvalue weighted by Gasteiger charge is 2.40. The van der Waals surface area contributed by atoms with Crippen LogP contribution in [0.2, 0.25) is 0 Å². The summed E-state index contributed by atoms with van der Waals surface area (Å²) in [4.78, 5) is 21.9. The maximum atomic E-state index is 11.2. The van der Waals surface area contributed by atoms with Crippen molar-refractivity contribution in [3.05, 3.63) is 64.8 Å². The van der Waals surface area contributed by atoms with E-state index in [0.29, 0.717) is 46.8 Å². The number of rotatable bonds is 8. The van der Waals surface area contributed by atoms with Gasteiger partial charge in [-0.3, -0.25) is 0 Å². The number of carbonyl (C=O) groups excluding carboxylic acids is 1. The van der Waals surface area contributed by atoms with Crippen LogP contribution in [0.3, 0.4) is 0 Å². The van der Waals surface area contributed by atoms with Crippen LogP contribution in [0.25, 0.3) is 11.3 Å². The Bertz CT molecular complexity index is 1360. The molecule has 0 spiro atoms. The Hall–Kier alpha value is -4.21. The van der Waals surface area contributed by atoms with E-state index < -0.39 is 5.41 Å². The predicted molar refractivity (Wildman–Crippen MR) is 135 cm³/mol. The van der Waals surface area contributed by atoms with Crippen molar-refractivity contribution >= 4 is 30.9 Å². The highest BCUT2D eigenvalue weighted by atomic mass is 16.3. The van der Waals surface area contributed by atoms with Crippen LogP contribution in [0.1, 0.15) is 42.5 Å². The Morgan fingerprint density at radius 3 is 2.77 bits per heavy atom. The van der Waals surface area contributed by atoms with Crippen molar-refractivity contribution in [1.29, 1.82) is 10.5 Å². The highest BCUT2D eigenvalue weighted by molar-refractivity contribution is 6.70. The summed E-state index contributed by atoms with van der Waals surface area (Å²) in [5, 5.41) is 32.6. The molecule has 2 heterocycles. The third kappa shape index (κ3) is 4.59. The quantitative estimate of drug-likeness (QED) is 0.384. The van der Waals surface area contributed by atoms with E-state index in [0.717, 1.165) is 29.7 Å². The number of fused-ring (bicyclic) bond motifs is 1. The third-order valence-electron chi connectivity index (χ3n) is 6.23. The Morgan fingerprint density at radius 1 is 1.26 bits per heavy atom. The number of anilines is 3. The minimum Gasteiger partial charge on any atom is -0.410 e. The number of aliphatic hydroxyl groups is 1. The van der Waals surface area contributed by atoms with Gasteiger partial charge >= 0.3 is 7.41 Å². The number of carbonyl (C=O) groups is 1. The molecule has 1 aromatic heterocycles. The molecule has 0 bridgehead atoms. The van der Waals surface area contributed by atoms with E-state index in [1.807, 2.05) is 19.1 Å². The largest absolute Gasteiger partial charge is 0.410 e. The van der Waals surface area contributed by atoms with Crippen LogP contribution in [0.4, 0.5) is 17.3 Å². The van der Waals surface area contributed by atoms with Crippen molar-refractivity contribution in [3.8, 4) is 23.4 Å². The molecular formula is C26H24BN6O2. The second-order valence-electron chi connectivity index (χ2n) is 8.79. The predicted octanol–water partition coefficient (Wildman–Crippen LogP) is 3.46. The van der Waals surface area contributed by atoms with Crippen LogP contribution in [0.15, 0.2) is 42.6 Å². The standard InChI is InChI=1S/C26H24BN6O2/c1-3-4-18-6-5-17(12-28)9-23(18)32-25-30-8-7-22(31-25)19-10-20(13-29)24-21(11-19)26(2,15-34)14-33(24)27-16-35/h5-11,16,34H,3-4,14-15H2,1-2H3,(H,30,31,32)/t26-/m1/s1. The monoisotopic (exact) mass is 463 g/mol. The summed E-state index contributed by atoms with van der Waals surface area (Å²) in [5.41, 5.74) is 4.87. The molecule has 1 aliphatic heterocycles. The zero-order valence-electron chi connectivity index (χ0n) is 19.6. The lowest BCUT2D eigenvalue weighted by Crippen LogP contribution is -2.36. The minimum atomic E-state index is -0.642. The second kappa shape index (κ2) is 9.96. The van der Waals surface area contributed by atoms with Gasteiger partial charge in [0.2, 0.25) is 5.95 Å². The molecule has 3 aromatic rings. The number of hydrogen-bond acceptors (Lipinski definition) is 8. The lowest BCUT2D eigenvalue weighted by Gasteiger charge is -2.23. The summed E-state index contributed by atoms with van der Waals surface area (Å²) in [6.45, 7) is 4.25. The number of aromatic nitrogens is 2. The SMILES string of the molecule is CCCc1ccc(C#N)cc1Nc1nccc(-c2cc(C#N)c3c(c2)[C@@](C)(CO)CN3[B]C=O)n1. The van der Waals surface area contributed by atoms with Crippen LogP contribution >= 0.6 is 0 Å². The zero-order chi connectivity index (χ0) is 25.0. The van der Waals surface area contributed by atoms with E-state index in [2.05, 4.69) is 34.3 Å². The van der Waals surface area contributed by atoms with Crippen molar-refractivity contribution in [2.75, 3.05) is 23.3 Å². The lowest BCUT2D eigenvalue weighted by molar-refractivity contribution is 0.217. The van der Waals surface area contributed by atoms with E-state index in [1.54, 1.807) is 35.3 Å². The molecule has 35 heavy (non-hydrogen) atoms. The van der Waals surface area contributed by atoms with Crippen LogP contribution in [0.5, 0.6) is 0 Å². The van der Waals surface area contributed by atoms with Gasteiger partial charge in [0.05, 0.1) is 29.5 Å². The van der Waals surface area contributed by atoms with Crippen molar-refractivity contribution in [3.63, 3.8) is 0 Å². The van der Waals surface area contributed by atoms with Gasteiger partial charge in [0.15, 0.2) is 0 Å². The maximum absolute atomic E-state index is 11.2. The van der Waals surface area contributed by atoms with Gasteiger partial charge in [-0.15, -0.1) is 0 Å². The van der Waals surface area contributed by atoms with Crippen LogP contribution in [0, 0.1) is 22.7 Å². The number of benzene rings is 2. The van der Waals surface area contributed by atoms with Crippen molar-refractivity contribution in [2.24, 2.45) is 0 Å². The first kappa shape index (κ1) is 23.9. The summed E-state index contributed by atoms with van der Waals surface area (Å²) in [6, 6.07) is 15.3. The number of aryl methyl sites for hydroxylation is 1. The maximum Gasteiger partial charge on any atom is 0.329 e. The van der Waals surface area contributed by atoms with E-state index >= 15 is 0 Å². The van der Waals surface area contributed by atoms with Crippen molar-refractivity contribution in [1.82, 2.24) is 9.97 Å². The van der Waals surface area contributed by atoms with Gasteiger partial charge in [-0.05, 0) is 47.9 Å². The van der Waals surface area contributed by atoms with Crippen LogP contribution in [-0.4, -0.2) is 41.8 Å². The number of nitrogens with zero attached hydrogens (tertiary/aromatic N) is 5. The molecule has 4 rings (SSSR count). The van der Waals surface area contributed by atoms with Gasteiger partial charge in [0, 0.05) is 35.1 Å². The average molecular weight is 463 g/mol. The first-order valence-electron chi connectivity index (χ1n) is 11.3. The summed E-state index contributed by atoms with van der Waals surface area (Å²) in [5.74, 6) is 0.370. The Labute approximate surface area is 205 Å². The van der Waals surface area contributed by atoms with E-state index in [9.17, 15) is 20.4 Å². The molecule has 0 saturated carbocycles. The van der Waals surface area contributed by atoms with Gasteiger partial charge in [-0.25, -0.2) is 9.97 Å². The molecule has 2 aromatic carbocycles. The Balaban J connectivity index is 1.76. The molecule has 0 aliphatic carbocycles. The first-order chi connectivity index (χ1) is 17.0. The molecule has 1 atom stereocenters. The fourth-order valence-electron chi connectivity index (χ4n) is 4.46. The molecule has 0 fully saturated rings. The molecule has 0 amide bonds. The first-order valence-corrected chi connectivity index (χ1v) is 11.3. The van der Waals surface area contributed by atoms with E-state index in [-0.39, 0.29) is 6.61 Å². The molecule has 1 aliphatic rings. The summed E-state index contributed by atoms with van der Waals surface area (Å²) >= 11 is 0. The lowest BCUT2D eigenvalue weighted by atomic mass is 9.83. The van der Waals surface area contributed by atoms with Gasteiger partial charge in [0.25, 0.3) is 0 Å². The highest BCUT2D eigenvalue weighted by Crippen LogP contribution is 2.44. The fraction of sp³-hybridized carbons (Fsp3) is 0.269. The molecule has 2 N–H and O–H groups in total. The van der Waals surface area contributed by atoms with Crippen molar-refractivity contribution < 1.29 is 9.90 Å².